The number of carboxylic acid groups (broad SMARTS) is 1. The van der Waals surface area contributed by atoms with E-state index in [-0.39, 0.29) is 23.8 Å². The fraction of sp³-hybridized carbons (Fsp3) is 0.333. The summed E-state index contributed by atoms with van der Waals surface area (Å²) in [4.78, 5) is 25.1. The minimum atomic E-state index is -4.43. The highest BCUT2D eigenvalue weighted by atomic mass is 19.4. The highest BCUT2D eigenvalue weighted by Gasteiger charge is 2.33. The molecule has 3 aromatic carbocycles. The SMILES string of the molecule is Cc1ccc2ccc(C(=O)N[C@H](C(=O)O)C3CCCC3)c(OCc3ccc(C(F)(F)F)cc3)c2c1. The number of ether oxygens (including phenoxy) is 1. The van der Waals surface area contributed by atoms with Gasteiger partial charge in [-0.1, -0.05) is 48.7 Å². The van der Waals surface area contributed by atoms with E-state index in [1.165, 1.54) is 12.1 Å². The van der Waals surface area contributed by atoms with Crippen LogP contribution in [0, 0.1) is 12.8 Å². The molecule has 1 aliphatic carbocycles. The highest BCUT2D eigenvalue weighted by molar-refractivity contribution is 6.05. The van der Waals surface area contributed by atoms with Crippen LogP contribution >= 0.6 is 0 Å². The van der Waals surface area contributed by atoms with Gasteiger partial charge in [0.05, 0.1) is 11.1 Å². The predicted molar refractivity (Wildman–Crippen MR) is 125 cm³/mol. The van der Waals surface area contributed by atoms with Crippen LogP contribution in [0.25, 0.3) is 10.8 Å². The van der Waals surface area contributed by atoms with Crippen LogP contribution < -0.4 is 10.1 Å². The Morgan fingerprint density at radius 1 is 1.06 bits per heavy atom. The van der Waals surface area contributed by atoms with Crippen LogP contribution in [0.2, 0.25) is 0 Å². The molecular formula is C27H26F3NO4. The van der Waals surface area contributed by atoms with Crippen molar-refractivity contribution < 1.29 is 32.6 Å². The Morgan fingerprint density at radius 3 is 2.34 bits per heavy atom. The Morgan fingerprint density at radius 2 is 1.71 bits per heavy atom. The molecule has 0 spiro atoms. The van der Waals surface area contributed by atoms with Gasteiger partial charge in [0.1, 0.15) is 18.4 Å². The molecule has 1 amide bonds. The zero-order valence-electron chi connectivity index (χ0n) is 19.2. The Hall–Kier alpha value is -3.55. The Kier molecular flexibility index (Phi) is 7.00. The maximum absolute atomic E-state index is 13.3. The summed E-state index contributed by atoms with van der Waals surface area (Å²) in [7, 11) is 0. The molecule has 5 nitrogen and oxygen atoms in total. The molecule has 1 atom stereocenters. The quantitative estimate of drug-likeness (QED) is 0.423. The van der Waals surface area contributed by atoms with Gasteiger partial charge in [-0.3, -0.25) is 4.79 Å². The molecule has 1 aliphatic rings. The topological polar surface area (TPSA) is 75.6 Å². The third-order valence-corrected chi connectivity index (χ3v) is 6.46. The number of hydrogen-bond donors (Lipinski definition) is 2. The Balaban J connectivity index is 1.64. The first-order valence-electron chi connectivity index (χ1n) is 11.5. The second kappa shape index (κ2) is 9.98. The lowest BCUT2D eigenvalue weighted by Gasteiger charge is -2.22. The molecule has 0 bridgehead atoms. The third kappa shape index (κ3) is 5.58. The van der Waals surface area contributed by atoms with Crippen LogP contribution in [-0.2, 0) is 17.6 Å². The first-order valence-corrected chi connectivity index (χ1v) is 11.5. The Bertz CT molecular complexity index is 1230. The van der Waals surface area contributed by atoms with Gasteiger partial charge in [-0.2, -0.15) is 13.2 Å². The predicted octanol–water partition coefficient (Wildman–Crippen LogP) is 6.12. The smallest absolute Gasteiger partial charge is 0.416 e. The number of carbonyl (C=O) groups is 2. The molecule has 3 aromatic rings. The molecule has 0 saturated heterocycles. The standard InChI is InChI=1S/C27H26F3NO4/c1-16-6-9-18-10-13-21(25(32)31-23(26(33)34)19-4-2-3-5-19)24(22(18)14-16)35-15-17-7-11-20(12-8-17)27(28,29)30/h6-14,19,23H,2-5,15H2,1H3,(H,31,32)(H,33,34)/t23-/m0/s1. The molecule has 35 heavy (non-hydrogen) atoms. The van der Waals surface area contributed by atoms with Crippen LogP contribution in [-0.4, -0.2) is 23.0 Å². The maximum atomic E-state index is 13.3. The van der Waals surface area contributed by atoms with Crippen molar-refractivity contribution in [3.63, 3.8) is 0 Å². The second-order valence-corrected chi connectivity index (χ2v) is 8.98. The summed E-state index contributed by atoms with van der Waals surface area (Å²) in [6.07, 6.45) is -1.09. The van der Waals surface area contributed by atoms with Crippen LogP contribution in [0.4, 0.5) is 13.2 Å². The first-order chi connectivity index (χ1) is 16.6. The number of carbonyl (C=O) groups excluding carboxylic acids is 1. The zero-order valence-corrected chi connectivity index (χ0v) is 19.2. The zero-order chi connectivity index (χ0) is 25.2. The van der Waals surface area contributed by atoms with Gasteiger partial charge in [0.25, 0.3) is 5.91 Å². The monoisotopic (exact) mass is 485 g/mol. The lowest BCUT2D eigenvalue weighted by molar-refractivity contribution is -0.140. The van der Waals surface area contributed by atoms with E-state index >= 15 is 0 Å². The fourth-order valence-corrected chi connectivity index (χ4v) is 4.58. The molecule has 4 rings (SSSR count). The average molecular weight is 486 g/mol. The van der Waals surface area contributed by atoms with Crippen LogP contribution in [0.15, 0.2) is 54.6 Å². The second-order valence-electron chi connectivity index (χ2n) is 8.98. The number of alkyl halides is 3. The van der Waals surface area contributed by atoms with Gasteiger partial charge >= 0.3 is 12.1 Å². The van der Waals surface area contributed by atoms with E-state index in [0.29, 0.717) is 10.9 Å². The van der Waals surface area contributed by atoms with E-state index in [0.717, 1.165) is 48.8 Å². The fourth-order valence-electron chi connectivity index (χ4n) is 4.58. The van der Waals surface area contributed by atoms with E-state index < -0.39 is 29.7 Å². The first kappa shape index (κ1) is 24.6. The van der Waals surface area contributed by atoms with Crippen molar-refractivity contribution in [3.8, 4) is 5.75 Å². The summed E-state index contributed by atoms with van der Waals surface area (Å²) < 4.78 is 44.7. The molecule has 0 aromatic heterocycles. The van der Waals surface area contributed by atoms with Crippen molar-refractivity contribution in [2.45, 2.75) is 51.4 Å². The number of amides is 1. The minimum absolute atomic E-state index is 0.0591. The molecule has 184 valence electrons. The lowest BCUT2D eigenvalue weighted by Crippen LogP contribution is -2.45. The summed E-state index contributed by atoms with van der Waals surface area (Å²) in [6.45, 7) is 1.84. The number of aliphatic carboxylic acids is 1. The van der Waals surface area contributed by atoms with Gasteiger partial charge in [0.15, 0.2) is 0 Å². The van der Waals surface area contributed by atoms with Crippen molar-refractivity contribution in [1.82, 2.24) is 5.32 Å². The van der Waals surface area contributed by atoms with Gasteiger partial charge < -0.3 is 15.2 Å². The average Bonchev–Trinajstić information content (AvgIpc) is 3.34. The van der Waals surface area contributed by atoms with E-state index in [4.69, 9.17) is 4.74 Å². The molecule has 2 N–H and O–H groups in total. The lowest BCUT2D eigenvalue weighted by atomic mass is 9.97. The van der Waals surface area contributed by atoms with E-state index in [1.54, 1.807) is 12.1 Å². The van der Waals surface area contributed by atoms with Crippen molar-refractivity contribution in [3.05, 3.63) is 76.9 Å². The van der Waals surface area contributed by atoms with E-state index in [2.05, 4.69) is 5.32 Å². The summed E-state index contributed by atoms with van der Waals surface area (Å²) in [5.41, 5.74) is 0.861. The van der Waals surface area contributed by atoms with Gasteiger partial charge in [-0.05, 0) is 60.9 Å². The maximum Gasteiger partial charge on any atom is 0.416 e. The molecule has 8 heteroatoms. The summed E-state index contributed by atoms with van der Waals surface area (Å²) >= 11 is 0. The molecule has 0 unspecified atom stereocenters. The van der Waals surface area contributed by atoms with Crippen LogP contribution in [0.3, 0.4) is 0 Å². The number of aryl methyl sites for hydroxylation is 1. The van der Waals surface area contributed by atoms with Crippen LogP contribution in [0.1, 0.15) is 52.7 Å². The van der Waals surface area contributed by atoms with Gasteiger partial charge in [-0.15, -0.1) is 0 Å². The molecular weight excluding hydrogens is 459 g/mol. The van der Waals surface area contributed by atoms with Gasteiger partial charge in [0.2, 0.25) is 0 Å². The number of nitrogens with one attached hydrogen (secondary N) is 1. The normalized spacial score (nSPS) is 15.2. The van der Waals surface area contributed by atoms with Gasteiger partial charge in [-0.25, -0.2) is 4.79 Å². The van der Waals surface area contributed by atoms with Gasteiger partial charge in [0, 0.05) is 5.39 Å². The molecule has 0 aliphatic heterocycles. The number of fused-ring (bicyclic) bond motifs is 1. The van der Waals surface area contributed by atoms with Crippen molar-refractivity contribution >= 4 is 22.6 Å². The van der Waals surface area contributed by atoms with Crippen molar-refractivity contribution in [1.29, 1.82) is 0 Å². The molecule has 1 fully saturated rings. The molecule has 0 heterocycles. The molecule has 0 radical (unpaired) electrons. The Labute approximate surface area is 200 Å². The van der Waals surface area contributed by atoms with Crippen molar-refractivity contribution in [2.75, 3.05) is 0 Å². The van der Waals surface area contributed by atoms with E-state index in [9.17, 15) is 27.9 Å². The van der Waals surface area contributed by atoms with E-state index in [1.807, 2.05) is 25.1 Å². The summed E-state index contributed by atoms with van der Waals surface area (Å²) in [6, 6.07) is 12.7. The number of carboxylic acids is 1. The number of hydrogen-bond acceptors (Lipinski definition) is 3. The number of halogens is 3. The molecule has 1 saturated carbocycles. The summed E-state index contributed by atoms with van der Waals surface area (Å²) in [5.74, 6) is -1.50. The largest absolute Gasteiger partial charge is 0.487 e. The van der Waals surface area contributed by atoms with Crippen LogP contribution in [0.5, 0.6) is 5.75 Å². The van der Waals surface area contributed by atoms with Crippen molar-refractivity contribution in [2.24, 2.45) is 5.92 Å². The summed E-state index contributed by atoms with van der Waals surface area (Å²) in [5, 5.41) is 13.9. The highest BCUT2D eigenvalue weighted by Crippen LogP contribution is 2.34. The number of rotatable bonds is 7. The third-order valence-electron chi connectivity index (χ3n) is 6.46. The number of benzene rings is 3. The minimum Gasteiger partial charge on any atom is -0.487 e.